The van der Waals surface area contributed by atoms with Crippen molar-refractivity contribution in [2.45, 2.75) is 33.1 Å². The molecule has 0 atom stereocenters. The molecule has 0 heterocycles. The Labute approximate surface area is 312 Å². The highest BCUT2D eigenvalue weighted by molar-refractivity contribution is 9.11. The average Bonchev–Trinajstić information content (AvgIpc) is 2.95. The third-order valence-electron chi connectivity index (χ3n) is 6.74. The Hall–Kier alpha value is -1.70. The number of hydrogen-bond acceptors (Lipinski definition) is 6. The van der Waals surface area contributed by atoms with Crippen molar-refractivity contribution in [1.82, 2.24) is 0 Å². The van der Waals surface area contributed by atoms with Gasteiger partial charge >= 0.3 is 11.9 Å². The Balaban J connectivity index is 1.45. The molecule has 0 spiro atoms. The molecule has 4 aromatic rings. The van der Waals surface area contributed by atoms with Gasteiger partial charge in [0, 0.05) is 5.41 Å². The minimum atomic E-state index is -0.550. The van der Waals surface area contributed by atoms with Gasteiger partial charge in [-0.3, -0.25) is 0 Å². The van der Waals surface area contributed by atoms with E-state index in [1.807, 2.05) is 62.4 Å². The molecule has 0 saturated carbocycles. The van der Waals surface area contributed by atoms with Crippen molar-refractivity contribution >= 4 is 108 Å². The number of rotatable bonds is 10. The zero-order valence-corrected chi connectivity index (χ0v) is 33.9. The zero-order valence-electron chi connectivity index (χ0n) is 24.4. The Morgan fingerprint density at radius 2 is 0.889 bits per heavy atom. The van der Waals surface area contributed by atoms with Crippen molar-refractivity contribution in [1.29, 1.82) is 0 Å². The summed E-state index contributed by atoms with van der Waals surface area (Å²) >= 11 is 21.2. The van der Waals surface area contributed by atoms with E-state index in [-0.39, 0.29) is 13.2 Å². The molecule has 236 valence electrons. The van der Waals surface area contributed by atoms with E-state index < -0.39 is 17.4 Å². The smallest absolute Gasteiger partial charge is 0.349 e. The van der Waals surface area contributed by atoms with Crippen LogP contribution in [-0.2, 0) is 15.0 Å². The Kier molecular flexibility index (Phi) is 12.4. The predicted molar refractivity (Wildman–Crippen MR) is 196 cm³/mol. The second-order valence-electron chi connectivity index (χ2n) is 10.6. The van der Waals surface area contributed by atoms with Gasteiger partial charge in [0.1, 0.15) is 11.5 Å². The van der Waals surface area contributed by atoms with Crippen LogP contribution in [-0.4, -0.2) is 25.2 Å². The lowest BCUT2D eigenvalue weighted by atomic mass is 9.78. The lowest BCUT2D eigenvalue weighted by Crippen LogP contribution is -2.21. The summed E-state index contributed by atoms with van der Waals surface area (Å²) in [4.78, 5) is 25.3. The first-order valence-electron chi connectivity index (χ1n) is 13.3. The quantitative estimate of drug-likeness (QED) is 0.116. The van der Waals surface area contributed by atoms with Gasteiger partial charge in [-0.05, 0) is 180 Å². The fraction of sp³-hybridized carbons (Fsp3) is 0.212. The summed E-state index contributed by atoms with van der Waals surface area (Å²) in [5.74, 6) is 0.687. The van der Waals surface area contributed by atoms with E-state index in [1.54, 1.807) is 12.1 Å². The molecule has 4 aromatic carbocycles. The third kappa shape index (κ3) is 9.22. The highest BCUT2D eigenvalue weighted by Gasteiger charge is 2.28. The molecule has 0 radical (unpaired) electrons. The number of aryl methyl sites for hydroxylation is 2. The van der Waals surface area contributed by atoms with Crippen LogP contribution >= 0.6 is 95.6 Å². The molecule has 0 bridgehead atoms. The normalized spacial score (nSPS) is 11.2. The second kappa shape index (κ2) is 15.5. The summed E-state index contributed by atoms with van der Waals surface area (Å²) in [7, 11) is 0. The molecule has 0 saturated heterocycles. The van der Waals surface area contributed by atoms with Gasteiger partial charge in [0.2, 0.25) is 0 Å². The van der Waals surface area contributed by atoms with Crippen molar-refractivity contribution in [3.05, 3.63) is 110 Å². The maximum atomic E-state index is 12.6. The first-order chi connectivity index (χ1) is 21.1. The topological polar surface area (TPSA) is 71.1 Å². The van der Waals surface area contributed by atoms with Gasteiger partial charge in [0.05, 0.1) is 26.8 Å². The molecule has 0 fully saturated rings. The molecule has 0 N–H and O–H groups in total. The fourth-order valence-electron chi connectivity index (χ4n) is 4.21. The SMILES string of the molecule is Cc1ccc(OCC(=O)Oc2c(Br)cc(C(C)(C)c3cc(Br)c(OC(=O)COc4ccc(C)cc4Br)c(Br)c3)cc2Br)c(Br)c1. The maximum Gasteiger partial charge on any atom is 0.349 e. The van der Waals surface area contributed by atoms with E-state index in [2.05, 4.69) is 109 Å². The van der Waals surface area contributed by atoms with Crippen molar-refractivity contribution in [2.24, 2.45) is 0 Å². The Morgan fingerprint density at radius 3 is 1.20 bits per heavy atom. The van der Waals surface area contributed by atoms with Crippen LogP contribution in [0.15, 0.2) is 87.5 Å². The fourth-order valence-corrected chi connectivity index (χ4v) is 8.12. The number of benzene rings is 4. The van der Waals surface area contributed by atoms with Crippen molar-refractivity contribution in [3.8, 4) is 23.0 Å². The molecular weight excluding hydrogens is 972 g/mol. The Morgan fingerprint density at radius 1 is 0.556 bits per heavy atom. The van der Waals surface area contributed by atoms with Gasteiger partial charge < -0.3 is 18.9 Å². The molecule has 0 aromatic heterocycles. The largest absolute Gasteiger partial charge is 0.481 e. The molecule has 6 nitrogen and oxygen atoms in total. The van der Waals surface area contributed by atoms with Gasteiger partial charge in [0.25, 0.3) is 0 Å². The minimum Gasteiger partial charge on any atom is -0.481 e. The maximum absolute atomic E-state index is 12.6. The van der Waals surface area contributed by atoms with Crippen molar-refractivity contribution in [2.75, 3.05) is 13.2 Å². The minimum absolute atomic E-state index is 0.262. The number of hydrogen-bond donors (Lipinski definition) is 0. The van der Waals surface area contributed by atoms with E-state index in [1.165, 1.54) is 0 Å². The number of esters is 2. The summed E-state index contributed by atoms with van der Waals surface area (Å²) in [5, 5.41) is 0. The van der Waals surface area contributed by atoms with Gasteiger partial charge in [-0.15, -0.1) is 0 Å². The van der Waals surface area contributed by atoms with E-state index in [0.717, 1.165) is 31.2 Å². The highest BCUT2D eigenvalue weighted by Crippen LogP contribution is 2.44. The van der Waals surface area contributed by atoms with Crippen LogP contribution in [0.2, 0.25) is 0 Å². The number of ether oxygens (including phenoxy) is 4. The summed E-state index contributed by atoms with van der Waals surface area (Å²) < 4.78 is 26.4. The standard InChI is InChI=1S/C33H26Br6O6/c1-17-5-7-27(21(34)9-17)42-15-29(40)44-31-23(36)11-19(12-24(31)37)33(3,4)20-13-25(38)32(26(39)14-20)45-30(41)16-43-28-8-6-18(2)10-22(28)35/h5-14H,15-16H2,1-4H3. The summed E-state index contributed by atoms with van der Waals surface area (Å²) in [6.07, 6.45) is 0. The van der Waals surface area contributed by atoms with Crippen LogP contribution in [0.25, 0.3) is 0 Å². The first kappa shape index (κ1) is 36.1. The van der Waals surface area contributed by atoms with Gasteiger partial charge in [-0.25, -0.2) is 9.59 Å². The number of halogens is 6. The third-order valence-corrected chi connectivity index (χ3v) is 10.3. The number of carbonyl (C=O) groups excluding carboxylic acids is 2. The van der Waals surface area contributed by atoms with E-state index in [4.69, 9.17) is 18.9 Å². The van der Waals surface area contributed by atoms with Crippen molar-refractivity contribution in [3.63, 3.8) is 0 Å². The molecule has 12 heteroatoms. The van der Waals surface area contributed by atoms with Gasteiger partial charge in [-0.1, -0.05) is 26.0 Å². The summed E-state index contributed by atoms with van der Waals surface area (Å²) in [6, 6.07) is 18.8. The van der Waals surface area contributed by atoms with Crippen LogP contribution in [0.1, 0.15) is 36.1 Å². The zero-order chi connectivity index (χ0) is 33.1. The van der Waals surface area contributed by atoms with E-state index >= 15 is 0 Å². The molecule has 0 aliphatic rings. The predicted octanol–water partition coefficient (Wildman–Crippen LogP) is 11.2. The molecule has 0 aliphatic heterocycles. The van der Waals surface area contributed by atoms with E-state index in [9.17, 15) is 9.59 Å². The van der Waals surface area contributed by atoms with E-state index in [0.29, 0.717) is 40.9 Å². The summed E-state index contributed by atoms with van der Waals surface area (Å²) in [6.45, 7) is 7.54. The highest BCUT2D eigenvalue weighted by atomic mass is 79.9. The van der Waals surface area contributed by atoms with Crippen LogP contribution in [0.4, 0.5) is 0 Å². The van der Waals surface area contributed by atoms with Crippen molar-refractivity contribution < 1.29 is 28.5 Å². The molecule has 4 rings (SSSR count). The Bertz CT molecular complexity index is 1600. The molecule has 0 amide bonds. The van der Waals surface area contributed by atoms with Gasteiger partial charge in [-0.2, -0.15) is 0 Å². The lowest BCUT2D eigenvalue weighted by molar-refractivity contribution is -0.137. The van der Waals surface area contributed by atoms with Crippen LogP contribution < -0.4 is 18.9 Å². The van der Waals surface area contributed by atoms with Gasteiger partial charge in [0.15, 0.2) is 24.7 Å². The molecule has 0 aliphatic carbocycles. The average molecular weight is 998 g/mol. The van der Waals surface area contributed by atoms with Crippen LogP contribution in [0.3, 0.4) is 0 Å². The lowest BCUT2D eigenvalue weighted by Gasteiger charge is -2.28. The van der Waals surface area contributed by atoms with Crippen LogP contribution in [0, 0.1) is 13.8 Å². The molecule has 45 heavy (non-hydrogen) atoms. The number of carbonyl (C=O) groups is 2. The molecule has 0 unspecified atom stereocenters. The monoisotopic (exact) mass is 992 g/mol. The first-order valence-corrected chi connectivity index (χ1v) is 18.1. The van der Waals surface area contributed by atoms with Crippen LogP contribution in [0.5, 0.6) is 23.0 Å². The molecular formula is C33H26Br6O6. The summed E-state index contributed by atoms with van der Waals surface area (Å²) in [5.41, 5.74) is 3.49. The second-order valence-corrected chi connectivity index (χ2v) is 15.7.